The Balaban J connectivity index is 1.13. The molecule has 0 bridgehead atoms. The molecule has 1 nitrogen and oxygen atoms in total. The van der Waals surface area contributed by atoms with Gasteiger partial charge in [0, 0.05) is 42.6 Å². The zero-order valence-electron chi connectivity index (χ0n) is 26.4. The smallest absolute Gasteiger partial charge is 0.0467 e. The van der Waals surface area contributed by atoms with Gasteiger partial charge in [-0.2, -0.15) is 0 Å². The highest BCUT2D eigenvalue weighted by molar-refractivity contribution is 7.25. The standard InChI is InChI=1S/C45H33NS/c1-45(2)40-19-8-6-16-37(40)39-29-32(24-27-41(39)45)31-12-10-15-35(28-31)46(33-13-4-3-5-14-33)34-25-22-30(23-26-34)36-18-11-21-43-44(36)38-17-7-9-20-42(38)47-43/h3-29H,1-2H3. The molecule has 0 saturated carbocycles. The fraction of sp³-hybridized carbons (Fsp3) is 0.0667. The molecule has 0 unspecified atom stereocenters. The van der Waals surface area contributed by atoms with Crippen LogP contribution in [0.5, 0.6) is 0 Å². The van der Waals surface area contributed by atoms with Crippen LogP contribution in [0, 0.1) is 0 Å². The largest absolute Gasteiger partial charge is 0.310 e. The zero-order chi connectivity index (χ0) is 31.5. The monoisotopic (exact) mass is 619 g/mol. The van der Waals surface area contributed by atoms with Crippen molar-refractivity contribution >= 4 is 48.6 Å². The molecule has 1 heterocycles. The molecule has 0 saturated heterocycles. The van der Waals surface area contributed by atoms with Gasteiger partial charge in [-0.25, -0.2) is 0 Å². The minimum atomic E-state index is 0.00459. The van der Waals surface area contributed by atoms with Crippen LogP contribution in [0.3, 0.4) is 0 Å². The molecule has 0 spiro atoms. The second kappa shape index (κ2) is 10.8. The first-order valence-electron chi connectivity index (χ1n) is 16.3. The number of nitrogens with zero attached hydrogens (tertiary/aromatic N) is 1. The molecule has 2 heteroatoms. The van der Waals surface area contributed by atoms with Gasteiger partial charge >= 0.3 is 0 Å². The van der Waals surface area contributed by atoms with E-state index in [0.29, 0.717) is 0 Å². The number of hydrogen-bond acceptors (Lipinski definition) is 2. The predicted octanol–water partition coefficient (Wildman–Crippen LogP) is 13.2. The van der Waals surface area contributed by atoms with E-state index < -0.39 is 0 Å². The Kier molecular flexibility index (Phi) is 6.41. The SMILES string of the molecule is CC1(C)c2ccccc2-c2cc(-c3cccc(N(c4ccccc4)c4ccc(-c5cccc6sc7ccccc7c56)cc4)c3)ccc21. The lowest BCUT2D eigenvalue weighted by Gasteiger charge is -2.26. The molecule has 7 aromatic carbocycles. The molecule has 0 amide bonds. The maximum absolute atomic E-state index is 2.39. The Hall–Kier alpha value is -5.44. The molecule has 0 fully saturated rings. The van der Waals surface area contributed by atoms with Crippen LogP contribution in [0.25, 0.3) is 53.6 Å². The second-order valence-corrected chi connectivity index (χ2v) is 14.1. The number of para-hydroxylation sites is 1. The highest BCUT2D eigenvalue weighted by atomic mass is 32.1. The lowest BCUT2D eigenvalue weighted by Crippen LogP contribution is -2.14. The van der Waals surface area contributed by atoms with Gasteiger partial charge in [-0.15, -0.1) is 11.3 Å². The molecule has 0 atom stereocenters. The highest BCUT2D eigenvalue weighted by Crippen LogP contribution is 2.50. The summed E-state index contributed by atoms with van der Waals surface area (Å²) in [4.78, 5) is 2.36. The summed E-state index contributed by atoms with van der Waals surface area (Å²) in [6, 6.07) is 60.0. The van der Waals surface area contributed by atoms with Crippen LogP contribution in [0.15, 0.2) is 164 Å². The van der Waals surface area contributed by atoms with E-state index in [1.807, 2.05) is 11.3 Å². The quantitative estimate of drug-likeness (QED) is 0.185. The summed E-state index contributed by atoms with van der Waals surface area (Å²) in [5, 5.41) is 2.67. The topological polar surface area (TPSA) is 3.24 Å². The van der Waals surface area contributed by atoms with E-state index in [-0.39, 0.29) is 5.41 Å². The first-order valence-corrected chi connectivity index (χ1v) is 17.1. The van der Waals surface area contributed by atoms with Crippen LogP contribution in [0.1, 0.15) is 25.0 Å². The molecule has 8 aromatic rings. The van der Waals surface area contributed by atoms with E-state index in [9.17, 15) is 0 Å². The number of rotatable bonds is 5. The van der Waals surface area contributed by atoms with Gasteiger partial charge in [0.15, 0.2) is 0 Å². The van der Waals surface area contributed by atoms with Gasteiger partial charge in [0.1, 0.15) is 0 Å². The summed E-state index contributed by atoms with van der Waals surface area (Å²) in [6.07, 6.45) is 0. The number of anilines is 3. The average molecular weight is 620 g/mol. The highest BCUT2D eigenvalue weighted by Gasteiger charge is 2.35. The van der Waals surface area contributed by atoms with Gasteiger partial charge in [-0.05, 0) is 99.1 Å². The Bertz CT molecular complexity index is 2430. The van der Waals surface area contributed by atoms with Crippen molar-refractivity contribution in [1.29, 1.82) is 0 Å². The van der Waals surface area contributed by atoms with Crippen LogP contribution < -0.4 is 4.90 Å². The fourth-order valence-electron chi connectivity index (χ4n) is 7.55. The van der Waals surface area contributed by atoms with Crippen molar-refractivity contribution in [3.63, 3.8) is 0 Å². The molecule has 0 aliphatic heterocycles. The minimum absolute atomic E-state index is 0.00459. The molecule has 47 heavy (non-hydrogen) atoms. The summed E-state index contributed by atoms with van der Waals surface area (Å²) in [5.41, 5.74) is 13.8. The van der Waals surface area contributed by atoms with Crippen molar-refractivity contribution in [2.75, 3.05) is 4.90 Å². The van der Waals surface area contributed by atoms with E-state index in [0.717, 1.165) is 17.1 Å². The predicted molar refractivity (Wildman–Crippen MR) is 202 cm³/mol. The van der Waals surface area contributed by atoms with Crippen molar-refractivity contribution in [1.82, 2.24) is 0 Å². The first-order chi connectivity index (χ1) is 23.1. The van der Waals surface area contributed by atoms with Crippen LogP contribution in [0.4, 0.5) is 17.1 Å². The Morgan fingerprint density at radius 3 is 1.91 bits per heavy atom. The molecular formula is C45H33NS. The van der Waals surface area contributed by atoms with Crippen molar-refractivity contribution in [2.24, 2.45) is 0 Å². The van der Waals surface area contributed by atoms with Crippen LogP contribution in [-0.4, -0.2) is 0 Å². The Morgan fingerprint density at radius 1 is 0.426 bits per heavy atom. The van der Waals surface area contributed by atoms with Crippen molar-refractivity contribution in [3.8, 4) is 33.4 Å². The van der Waals surface area contributed by atoms with Gasteiger partial charge in [-0.1, -0.05) is 123 Å². The summed E-state index contributed by atoms with van der Waals surface area (Å²) in [5.74, 6) is 0. The summed E-state index contributed by atoms with van der Waals surface area (Å²) in [7, 11) is 0. The van der Waals surface area contributed by atoms with Crippen molar-refractivity contribution in [2.45, 2.75) is 19.3 Å². The van der Waals surface area contributed by atoms with E-state index in [1.54, 1.807) is 0 Å². The number of thiophene rings is 1. The lowest BCUT2D eigenvalue weighted by molar-refractivity contribution is 0.660. The fourth-order valence-corrected chi connectivity index (χ4v) is 8.69. The first kappa shape index (κ1) is 27.8. The third kappa shape index (κ3) is 4.52. The maximum Gasteiger partial charge on any atom is 0.0467 e. The Morgan fingerprint density at radius 2 is 1.04 bits per heavy atom. The third-order valence-electron chi connectivity index (χ3n) is 9.87. The van der Waals surface area contributed by atoms with Crippen LogP contribution >= 0.6 is 11.3 Å². The summed E-state index contributed by atoms with van der Waals surface area (Å²) < 4.78 is 2.66. The maximum atomic E-state index is 2.39. The molecule has 0 N–H and O–H groups in total. The lowest BCUT2D eigenvalue weighted by atomic mass is 9.82. The van der Waals surface area contributed by atoms with Gasteiger partial charge in [0.2, 0.25) is 0 Å². The number of fused-ring (bicyclic) bond motifs is 6. The van der Waals surface area contributed by atoms with E-state index >= 15 is 0 Å². The average Bonchev–Trinajstić information content (AvgIpc) is 3.61. The molecule has 1 aliphatic rings. The zero-order valence-corrected chi connectivity index (χ0v) is 27.3. The van der Waals surface area contributed by atoms with E-state index in [2.05, 4.69) is 183 Å². The molecule has 0 radical (unpaired) electrons. The van der Waals surface area contributed by atoms with Gasteiger partial charge in [0.05, 0.1) is 0 Å². The summed E-state index contributed by atoms with van der Waals surface area (Å²) in [6.45, 7) is 4.67. The minimum Gasteiger partial charge on any atom is -0.310 e. The van der Waals surface area contributed by atoms with Gasteiger partial charge < -0.3 is 4.90 Å². The van der Waals surface area contributed by atoms with Gasteiger partial charge in [-0.3, -0.25) is 0 Å². The molecular weight excluding hydrogens is 587 g/mol. The van der Waals surface area contributed by atoms with E-state index in [4.69, 9.17) is 0 Å². The van der Waals surface area contributed by atoms with Crippen molar-refractivity contribution in [3.05, 3.63) is 175 Å². The number of benzene rings is 7. The van der Waals surface area contributed by atoms with Crippen molar-refractivity contribution < 1.29 is 0 Å². The number of hydrogen-bond donors (Lipinski definition) is 0. The van der Waals surface area contributed by atoms with Gasteiger partial charge in [0.25, 0.3) is 0 Å². The normalized spacial score (nSPS) is 13.1. The van der Waals surface area contributed by atoms with Crippen LogP contribution in [-0.2, 0) is 5.41 Å². The van der Waals surface area contributed by atoms with Crippen LogP contribution in [0.2, 0.25) is 0 Å². The molecule has 224 valence electrons. The van der Waals surface area contributed by atoms with E-state index in [1.165, 1.54) is 64.7 Å². The summed E-state index contributed by atoms with van der Waals surface area (Å²) >= 11 is 1.87. The third-order valence-corrected chi connectivity index (χ3v) is 11.0. The Labute approximate surface area is 280 Å². The molecule has 1 aliphatic carbocycles. The molecule has 1 aromatic heterocycles. The molecule has 9 rings (SSSR count). The second-order valence-electron chi connectivity index (χ2n) is 13.0.